The lowest BCUT2D eigenvalue weighted by Crippen LogP contribution is -2.19. The first-order valence-corrected chi connectivity index (χ1v) is 4.35. The first-order chi connectivity index (χ1) is 7.70. The van der Waals surface area contributed by atoms with Crippen LogP contribution in [0.4, 0.5) is 13.2 Å². The second-order valence-corrected chi connectivity index (χ2v) is 3.16. The Bertz CT molecular complexity index is 445. The second kappa shape index (κ2) is 4.48. The van der Waals surface area contributed by atoms with Crippen LogP contribution in [0.1, 0.15) is 11.3 Å². The molecule has 0 unspecified atom stereocenters. The van der Waals surface area contributed by atoms with Crippen LogP contribution in [0.2, 0.25) is 0 Å². The summed E-state index contributed by atoms with van der Waals surface area (Å²) in [6.07, 6.45) is -4.82. The summed E-state index contributed by atoms with van der Waals surface area (Å²) >= 11 is 0. The summed E-state index contributed by atoms with van der Waals surface area (Å²) in [6, 6.07) is 0. The molecule has 17 heavy (non-hydrogen) atoms. The van der Waals surface area contributed by atoms with E-state index in [-0.39, 0.29) is 11.3 Å². The van der Waals surface area contributed by atoms with E-state index in [1.807, 2.05) is 0 Å². The van der Waals surface area contributed by atoms with E-state index < -0.39 is 30.3 Å². The highest BCUT2D eigenvalue weighted by Crippen LogP contribution is 2.36. The normalized spacial score (nSPS) is 11.3. The number of pyridine rings is 1. The van der Waals surface area contributed by atoms with Gasteiger partial charge in [-0.1, -0.05) is 0 Å². The van der Waals surface area contributed by atoms with Crippen molar-refractivity contribution in [2.75, 3.05) is 0 Å². The molecule has 0 spiro atoms. The summed E-state index contributed by atoms with van der Waals surface area (Å²) in [7, 11) is 0. The fourth-order valence-electron chi connectivity index (χ4n) is 1.13. The Kier molecular flexibility index (Phi) is 3.45. The first kappa shape index (κ1) is 13.1. The minimum atomic E-state index is -5.02. The van der Waals surface area contributed by atoms with Crippen LogP contribution in [0, 0.1) is 6.92 Å². The van der Waals surface area contributed by atoms with Crippen molar-refractivity contribution < 1.29 is 32.9 Å². The minimum absolute atomic E-state index is 0.0848. The number of aromatic nitrogens is 1. The van der Waals surface area contributed by atoms with Gasteiger partial charge >= 0.3 is 12.3 Å². The van der Waals surface area contributed by atoms with Crippen LogP contribution in [0.3, 0.4) is 0 Å². The van der Waals surface area contributed by atoms with Crippen molar-refractivity contribution in [3.8, 4) is 11.5 Å². The zero-order valence-corrected chi connectivity index (χ0v) is 8.58. The second-order valence-electron chi connectivity index (χ2n) is 3.16. The van der Waals surface area contributed by atoms with Crippen LogP contribution in [0.15, 0.2) is 6.20 Å². The van der Waals surface area contributed by atoms with E-state index in [2.05, 4.69) is 9.72 Å². The highest BCUT2D eigenvalue weighted by atomic mass is 19.4. The van der Waals surface area contributed by atoms with E-state index in [0.717, 1.165) is 6.20 Å². The summed E-state index contributed by atoms with van der Waals surface area (Å²) < 4.78 is 39.8. The Morgan fingerprint density at radius 1 is 1.53 bits per heavy atom. The average Bonchev–Trinajstić information content (AvgIpc) is 2.15. The molecule has 2 N–H and O–H groups in total. The number of carboxylic acid groups (broad SMARTS) is 1. The van der Waals surface area contributed by atoms with Crippen molar-refractivity contribution in [1.29, 1.82) is 0 Å². The van der Waals surface area contributed by atoms with Crippen LogP contribution >= 0.6 is 0 Å². The van der Waals surface area contributed by atoms with Crippen molar-refractivity contribution >= 4 is 5.97 Å². The molecule has 0 bridgehead atoms. The number of halogens is 3. The summed E-state index contributed by atoms with van der Waals surface area (Å²) in [5.74, 6) is -3.10. The van der Waals surface area contributed by atoms with E-state index >= 15 is 0 Å². The number of rotatable bonds is 3. The van der Waals surface area contributed by atoms with Gasteiger partial charge in [-0.25, -0.2) is 0 Å². The molecule has 0 aliphatic carbocycles. The summed E-state index contributed by atoms with van der Waals surface area (Å²) in [5, 5.41) is 17.9. The van der Waals surface area contributed by atoms with E-state index in [1.54, 1.807) is 0 Å². The predicted octanol–water partition coefficient (Wildman–Crippen LogP) is 1.62. The molecule has 8 heteroatoms. The number of alkyl halides is 3. The van der Waals surface area contributed by atoms with Crippen LogP contribution in [-0.2, 0) is 11.2 Å². The molecule has 94 valence electrons. The van der Waals surface area contributed by atoms with Crippen molar-refractivity contribution in [1.82, 2.24) is 4.98 Å². The monoisotopic (exact) mass is 251 g/mol. The van der Waals surface area contributed by atoms with Crippen LogP contribution < -0.4 is 4.74 Å². The maximum atomic E-state index is 12.1. The SMILES string of the molecule is Cc1ncc(CC(=O)O)c(OC(F)(F)F)c1O. The van der Waals surface area contributed by atoms with Gasteiger partial charge in [0.25, 0.3) is 0 Å². The van der Waals surface area contributed by atoms with Crippen molar-refractivity contribution in [3.05, 3.63) is 17.5 Å². The summed E-state index contributed by atoms with van der Waals surface area (Å²) in [4.78, 5) is 14.0. The van der Waals surface area contributed by atoms with Gasteiger partial charge in [-0.2, -0.15) is 0 Å². The van der Waals surface area contributed by atoms with E-state index in [1.165, 1.54) is 6.92 Å². The topological polar surface area (TPSA) is 79.7 Å². The van der Waals surface area contributed by atoms with Gasteiger partial charge in [0.2, 0.25) is 0 Å². The molecule has 0 atom stereocenters. The van der Waals surface area contributed by atoms with Gasteiger partial charge in [0.15, 0.2) is 11.5 Å². The lowest BCUT2D eigenvalue weighted by Gasteiger charge is -2.14. The van der Waals surface area contributed by atoms with Gasteiger partial charge < -0.3 is 14.9 Å². The van der Waals surface area contributed by atoms with E-state index in [9.17, 15) is 23.1 Å². The number of hydrogen-bond acceptors (Lipinski definition) is 4. The van der Waals surface area contributed by atoms with Gasteiger partial charge in [-0.3, -0.25) is 9.78 Å². The number of aliphatic carboxylic acids is 1. The molecular formula is C9H8F3NO4. The molecule has 1 aromatic heterocycles. The molecule has 5 nitrogen and oxygen atoms in total. The fourth-order valence-corrected chi connectivity index (χ4v) is 1.13. The standard InChI is InChI=1S/C9H8F3NO4/c1-4-7(16)8(17-9(10,11)12)5(3-13-4)2-6(14)15/h3,16H,2H2,1H3,(H,14,15). The molecule has 0 saturated carbocycles. The predicted molar refractivity (Wildman–Crippen MR) is 48.7 cm³/mol. The van der Waals surface area contributed by atoms with Gasteiger partial charge in [-0.05, 0) is 6.92 Å². The third kappa shape index (κ3) is 3.51. The van der Waals surface area contributed by atoms with Crippen molar-refractivity contribution in [3.63, 3.8) is 0 Å². The summed E-state index contributed by atoms with van der Waals surface area (Å²) in [6.45, 7) is 1.27. The molecule has 1 rings (SSSR count). The van der Waals surface area contributed by atoms with Crippen LogP contribution in [-0.4, -0.2) is 27.5 Å². The quantitative estimate of drug-likeness (QED) is 0.853. The van der Waals surface area contributed by atoms with E-state index in [4.69, 9.17) is 5.11 Å². The van der Waals surface area contributed by atoms with Crippen molar-refractivity contribution in [2.24, 2.45) is 0 Å². The highest BCUT2D eigenvalue weighted by molar-refractivity contribution is 5.72. The smallest absolute Gasteiger partial charge is 0.503 e. The summed E-state index contributed by atoms with van der Waals surface area (Å²) in [5.41, 5.74) is -0.434. The maximum absolute atomic E-state index is 12.1. The van der Waals surface area contributed by atoms with Crippen LogP contribution in [0.25, 0.3) is 0 Å². The van der Waals surface area contributed by atoms with Crippen molar-refractivity contribution in [2.45, 2.75) is 19.7 Å². The molecule has 1 aromatic rings. The molecule has 0 aliphatic rings. The Labute approximate surface area is 93.5 Å². The van der Waals surface area contributed by atoms with Gasteiger partial charge in [-0.15, -0.1) is 13.2 Å². The Hall–Kier alpha value is -1.99. The number of carbonyl (C=O) groups is 1. The lowest BCUT2D eigenvalue weighted by atomic mass is 10.1. The molecule has 1 heterocycles. The molecule has 0 saturated heterocycles. The number of hydrogen-bond donors (Lipinski definition) is 2. The van der Waals surface area contributed by atoms with Gasteiger partial charge in [0.05, 0.1) is 12.1 Å². The minimum Gasteiger partial charge on any atom is -0.503 e. The lowest BCUT2D eigenvalue weighted by molar-refractivity contribution is -0.275. The fraction of sp³-hybridized carbons (Fsp3) is 0.333. The Morgan fingerprint density at radius 2 is 2.12 bits per heavy atom. The Morgan fingerprint density at radius 3 is 2.59 bits per heavy atom. The van der Waals surface area contributed by atoms with Crippen LogP contribution in [0.5, 0.6) is 11.5 Å². The number of nitrogens with zero attached hydrogens (tertiary/aromatic N) is 1. The third-order valence-corrected chi connectivity index (χ3v) is 1.82. The number of aryl methyl sites for hydroxylation is 1. The zero-order valence-electron chi connectivity index (χ0n) is 8.58. The highest BCUT2D eigenvalue weighted by Gasteiger charge is 2.34. The largest absolute Gasteiger partial charge is 0.573 e. The number of carboxylic acids is 1. The number of aromatic hydroxyl groups is 1. The molecule has 0 amide bonds. The molecule has 0 fully saturated rings. The molecule has 0 aromatic carbocycles. The van der Waals surface area contributed by atoms with Gasteiger partial charge in [0, 0.05) is 11.8 Å². The average molecular weight is 251 g/mol. The Balaban J connectivity index is 3.21. The molecule has 0 radical (unpaired) electrons. The zero-order chi connectivity index (χ0) is 13.2. The third-order valence-electron chi connectivity index (χ3n) is 1.82. The van der Waals surface area contributed by atoms with E-state index in [0.29, 0.717) is 0 Å². The molecular weight excluding hydrogens is 243 g/mol. The number of ether oxygens (including phenoxy) is 1. The maximum Gasteiger partial charge on any atom is 0.573 e. The molecule has 0 aliphatic heterocycles. The van der Waals surface area contributed by atoms with Gasteiger partial charge in [0.1, 0.15) is 0 Å². The first-order valence-electron chi connectivity index (χ1n) is 4.35.